The highest BCUT2D eigenvalue weighted by Gasteiger charge is 2.14. The summed E-state index contributed by atoms with van der Waals surface area (Å²) in [6, 6.07) is 3.66. The van der Waals surface area contributed by atoms with Crippen LogP contribution < -0.4 is 10.5 Å². The number of pyridine rings is 1. The molecule has 1 fully saturated rings. The van der Waals surface area contributed by atoms with Gasteiger partial charge in [-0.25, -0.2) is 4.98 Å². The van der Waals surface area contributed by atoms with Gasteiger partial charge in [-0.05, 0) is 31.7 Å². The quantitative estimate of drug-likeness (QED) is 0.782. The molecule has 0 bridgehead atoms. The molecule has 0 amide bonds. The first-order valence-electron chi connectivity index (χ1n) is 5.23. The fourth-order valence-corrected chi connectivity index (χ4v) is 1.82. The molecule has 1 heterocycles. The SMILES string of the molecule is Nc1ccc(OC2CCCCC2)nc1. The molecule has 2 rings (SSSR count). The second kappa shape index (κ2) is 4.31. The lowest BCUT2D eigenvalue weighted by Crippen LogP contribution is -2.20. The molecule has 0 spiro atoms. The van der Waals surface area contributed by atoms with E-state index in [1.54, 1.807) is 6.20 Å². The van der Waals surface area contributed by atoms with Crippen LogP contribution in [0.3, 0.4) is 0 Å². The van der Waals surface area contributed by atoms with E-state index in [0.29, 0.717) is 17.7 Å². The molecule has 0 atom stereocenters. The van der Waals surface area contributed by atoms with Gasteiger partial charge in [0.15, 0.2) is 0 Å². The van der Waals surface area contributed by atoms with Crippen molar-refractivity contribution in [2.24, 2.45) is 0 Å². The van der Waals surface area contributed by atoms with Gasteiger partial charge in [-0.2, -0.15) is 0 Å². The summed E-state index contributed by atoms with van der Waals surface area (Å²) in [7, 11) is 0. The average Bonchev–Trinajstić information content (AvgIpc) is 2.23. The summed E-state index contributed by atoms with van der Waals surface area (Å²) in [6.45, 7) is 0. The summed E-state index contributed by atoms with van der Waals surface area (Å²) in [4.78, 5) is 4.13. The normalized spacial score (nSPS) is 18.0. The summed E-state index contributed by atoms with van der Waals surface area (Å²) in [5.41, 5.74) is 6.22. The van der Waals surface area contributed by atoms with Crippen molar-refractivity contribution in [2.45, 2.75) is 38.2 Å². The number of hydrogen-bond donors (Lipinski definition) is 1. The molecule has 0 aliphatic heterocycles. The molecule has 1 aromatic rings. The Morgan fingerprint density at radius 2 is 2.00 bits per heavy atom. The maximum atomic E-state index is 5.74. The first-order valence-corrected chi connectivity index (χ1v) is 5.23. The van der Waals surface area contributed by atoms with Gasteiger partial charge >= 0.3 is 0 Å². The predicted molar refractivity (Wildman–Crippen MR) is 56.2 cm³/mol. The van der Waals surface area contributed by atoms with Crippen molar-refractivity contribution in [3.05, 3.63) is 18.3 Å². The minimum Gasteiger partial charge on any atom is -0.474 e. The van der Waals surface area contributed by atoms with E-state index in [4.69, 9.17) is 10.5 Å². The van der Waals surface area contributed by atoms with Crippen LogP contribution in [0.4, 0.5) is 5.69 Å². The molecule has 76 valence electrons. The van der Waals surface area contributed by atoms with E-state index in [1.165, 1.54) is 19.3 Å². The summed E-state index contributed by atoms with van der Waals surface area (Å²) in [5, 5.41) is 0. The van der Waals surface area contributed by atoms with Crippen LogP contribution in [0.15, 0.2) is 18.3 Å². The fourth-order valence-electron chi connectivity index (χ4n) is 1.82. The van der Waals surface area contributed by atoms with E-state index in [0.717, 1.165) is 12.8 Å². The first kappa shape index (κ1) is 9.31. The maximum absolute atomic E-state index is 5.74. The molecule has 1 aromatic heterocycles. The largest absolute Gasteiger partial charge is 0.474 e. The Morgan fingerprint density at radius 1 is 1.21 bits per heavy atom. The highest BCUT2D eigenvalue weighted by atomic mass is 16.5. The van der Waals surface area contributed by atoms with E-state index in [1.807, 2.05) is 12.1 Å². The van der Waals surface area contributed by atoms with Crippen molar-refractivity contribution in [2.75, 3.05) is 5.73 Å². The molecule has 0 saturated heterocycles. The van der Waals surface area contributed by atoms with Crippen molar-refractivity contribution < 1.29 is 4.74 Å². The van der Waals surface area contributed by atoms with Gasteiger partial charge in [0.25, 0.3) is 0 Å². The van der Waals surface area contributed by atoms with E-state index >= 15 is 0 Å². The molecule has 0 radical (unpaired) electrons. The maximum Gasteiger partial charge on any atom is 0.213 e. The summed E-state index contributed by atoms with van der Waals surface area (Å²) < 4.78 is 5.74. The Hall–Kier alpha value is -1.25. The number of aromatic nitrogens is 1. The minimum atomic E-state index is 0.361. The number of hydrogen-bond acceptors (Lipinski definition) is 3. The van der Waals surface area contributed by atoms with Gasteiger partial charge in [0.2, 0.25) is 5.88 Å². The summed E-state index contributed by atoms with van der Waals surface area (Å²) >= 11 is 0. The second-order valence-electron chi connectivity index (χ2n) is 3.81. The third-order valence-corrected chi connectivity index (χ3v) is 2.60. The van der Waals surface area contributed by atoms with Crippen LogP contribution in [-0.4, -0.2) is 11.1 Å². The number of ether oxygens (including phenoxy) is 1. The Labute approximate surface area is 84.3 Å². The molecule has 1 aliphatic rings. The van der Waals surface area contributed by atoms with Gasteiger partial charge in [-0.15, -0.1) is 0 Å². The summed E-state index contributed by atoms with van der Waals surface area (Å²) in [6.07, 6.45) is 8.21. The highest BCUT2D eigenvalue weighted by Crippen LogP contribution is 2.22. The molecular weight excluding hydrogens is 176 g/mol. The standard InChI is InChI=1S/C11H16N2O/c12-9-6-7-11(13-8-9)14-10-4-2-1-3-5-10/h6-8,10H,1-5,12H2. The molecule has 2 N–H and O–H groups in total. The number of nitrogens with zero attached hydrogens (tertiary/aromatic N) is 1. The third kappa shape index (κ3) is 2.37. The molecule has 1 aliphatic carbocycles. The third-order valence-electron chi connectivity index (χ3n) is 2.60. The van der Waals surface area contributed by atoms with Gasteiger partial charge in [0.05, 0.1) is 11.9 Å². The van der Waals surface area contributed by atoms with Gasteiger partial charge in [-0.3, -0.25) is 0 Å². The highest BCUT2D eigenvalue weighted by molar-refractivity contribution is 5.35. The van der Waals surface area contributed by atoms with Crippen LogP contribution in [-0.2, 0) is 0 Å². The fraction of sp³-hybridized carbons (Fsp3) is 0.545. The van der Waals surface area contributed by atoms with E-state index in [-0.39, 0.29) is 0 Å². The lowest BCUT2D eigenvalue weighted by atomic mass is 9.98. The van der Waals surface area contributed by atoms with Crippen LogP contribution in [0.2, 0.25) is 0 Å². The van der Waals surface area contributed by atoms with Gasteiger partial charge in [-0.1, -0.05) is 6.42 Å². The second-order valence-corrected chi connectivity index (χ2v) is 3.81. The molecular formula is C11H16N2O. The zero-order valence-corrected chi connectivity index (χ0v) is 8.28. The van der Waals surface area contributed by atoms with Crippen LogP contribution >= 0.6 is 0 Å². The van der Waals surface area contributed by atoms with Crippen LogP contribution in [0.5, 0.6) is 5.88 Å². The number of nitrogen functional groups attached to an aromatic ring is 1. The number of nitrogens with two attached hydrogens (primary N) is 1. The lowest BCUT2D eigenvalue weighted by molar-refractivity contribution is 0.148. The zero-order chi connectivity index (χ0) is 9.80. The molecule has 3 nitrogen and oxygen atoms in total. The van der Waals surface area contributed by atoms with Crippen molar-refractivity contribution in [1.82, 2.24) is 4.98 Å². The molecule has 14 heavy (non-hydrogen) atoms. The first-order chi connectivity index (χ1) is 6.84. The van der Waals surface area contributed by atoms with Crippen molar-refractivity contribution in [3.8, 4) is 5.88 Å². The van der Waals surface area contributed by atoms with Crippen LogP contribution in [0, 0.1) is 0 Å². The molecule has 1 saturated carbocycles. The van der Waals surface area contributed by atoms with Gasteiger partial charge < -0.3 is 10.5 Å². The van der Waals surface area contributed by atoms with Crippen molar-refractivity contribution in [1.29, 1.82) is 0 Å². The van der Waals surface area contributed by atoms with Crippen LogP contribution in [0.25, 0.3) is 0 Å². The Kier molecular flexibility index (Phi) is 2.87. The Balaban J connectivity index is 1.92. The Bertz CT molecular complexity index is 278. The lowest BCUT2D eigenvalue weighted by Gasteiger charge is -2.22. The predicted octanol–water partition coefficient (Wildman–Crippen LogP) is 2.38. The topological polar surface area (TPSA) is 48.1 Å². The van der Waals surface area contributed by atoms with Gasteiger partial charge in [0.1, 0.15) is 6.10 Å². The van der Waals surface area contributed by atoms with Gasteiger partial charge in [0, 0.05) is 6.07 Å². The van der Waals surface area contributed by atoms with E-state index in [2.05, 4.69) is 4.98 Å². The molecule has 0 unspecified atom stereocenters. The minimum absolute atomic E-state index is 0.361. The Morgan fingerprint density at radius 3 is 2.64 bits per heavy atom. The zero-order valence-electron chi connectivity index (χ0n) is 8.28. The molecule has 0 aromatic carbocycles. The van der Waals surface area contributed by atoms with E-state index in [9.17, 15) is 0 Å². The van der Waals surface area contributed by atoms with E-state index < -0.39 is 0 Å². The van der Waals surface area contributed by atoms with Crippen molar-refractivity contribution in [3.63, 3.8) is 0 Å². The van der Waals surface area contributed by atoms with Crippen LogP contribution in [0.1, 0.15) is 32.1 Å². The average molecular weight is 192 g/mol. The van der Waals surface area contributed by atoms with Crippen molar-refractivity contribution >= 4 is 5.69 Å². The molecule has 3 heteroatoms. The summed E-state index contributed by atoms with van der Waals surface area (Å²) in [5.74, 6) is 0.700. The number of anilines is 1. The monoisotopic (exact) mass is 192 g/mol. The number of rotatable bonds is 2. The smallest absolute Gasteiger partial charge is 0.213 e.